The number of hydrogen-bond acceptors (Lipinski definition) is 4. The molecule has 0 aliphatic heterocycles. The third kappa shape index (κ3) is 6.38. The minimum absolute atomic E-state index is 0.0115. The average molecular weight is 309 g/mol. The van der Waals surface area contributed by atoms with Gasteiger partial charge in [-0.1, -0.05) is 0 Å². The molecule has 0 aromatic heterocycles. The number of halogens is 3. The van der Waals surface area contributed by atoms with Crippen LogP contribution in [-0.2, 0) is 6.42 Å². The number of alkyl halides is 3. The molecule has 2 N–H and O–H groups in total. The van der Waals surface area contributed by atoms with Crippen molar-refractivity contribution in [2.45, 2.75) is 24.9 Å². The molecule has 0 amide bonds. The number of nitrogens with two attached hydrogens (primary N) is 1. The normalized spacial score (nSPS) is 13.1. The van der Waals surface area contributed by atoms with Crippen molar-refractivity contribution in [3.8, 4) is 11.5 Å². The molecule has 0 fully saturated rings. The first-order chi connectivity index (χ1) is 9.31. The van der Waals surface area contributed by atoms with E-state index in [1.54, 1.807) is 25.3 Å². The van der Waals surface area contributed by atoms with Crippen LogP contribution >= 0.6 is 11.8 Å². The van der Waals surface area contributed by atoms with Gasteiger partial charge >= 0.3 is 5.51 Å². The second kappa shape index (κ2) is 7.64. The first-order valence-electron chi connectivity index (χ1n) is 6.08. The van der Waals surface area contributed by atoms with E-state index in [1.165, 1.54) is 0 Å². The van der Waals surface area contributed by atoms with Crippen molar-refractivity contribution < 1.29 is 22.6 Å². The monoisotopic (exact) mass is 309 g/mol. The number of thioether (sulfide) groups is 1. The first kappa shape index (κ1) is 17.0. The number of methoxy groups -OCH3 is 1. The van der Waals surface area contributed by atoms with Gasteiger partial charge in [0.2, 0.25) is 0 Å². The molecule has 7 heteroatoms. The average Bonchev–Trinajstić information content (AvgIpc) is 2.34. The third-order valence-electron chi connectivity index (χ3n) is 2.42. The Morgan fingerprint density at radius 3 is 2.60 bits per heavy atom. The molecule has 0 aliphatic carbocycles. The van der Waals surface area contributed by atoms with E-state index < -0.39 is 5.51 Å². The van der Waals surface area contributed by atoms with E-state index in [4.69, 9.17) is 15.2 Å². The van der Waals surface area contributed by atoms with Crippen LogP contribution in [0, 0.1) is 0 Å². The topological polar surface area (TPSA) is 44.5 Å². The number of benzene rings is 1. The van der Waals surface area contributed by atoms with Crippen molar-refractivity contribution in [2.24, 2.45) is 5.73 Å². The number of ether oxygens (including phenoxy) is 2. The van der Waals surface area contributed by atoms with E-state index in [9.17, 15) is 13.2 Å². The van der Waals surface area contributed by atoms with E-state index in [0.717, 1.165) is 5.56 Å². The van der Waals surface area contributed by atoms with E-state index in [2.05, 4.69) is 0 Å². The smallest absolute Gasteiger partial charge is 0.441 e. The molecule has 1 aromatic carbocycles. The quantitative estimate of drug-likeness (QED) is 0.786. The molecule has 114 valence electrons. The molecule has 0 saturated heterocycles. The standard InChI is InChI=1S/C13H18F3NO2S/c1-9(17)7-10-8-11(18-2)3-4-12(10)19-5-6-20-13(14,15)16/h3-4,8-9H,5-7,17H2,1-2H3. The fourth-order valence-electron chi connectivity index (χ4n) is 1.64. The van der Waals surface area contributed by atoms with Crippen LogP contribution in [0.3, 0.4) is 0 Å². The Hall–Kier alpha value is -1.08. The molecule has 1 rings (SSSR count). The summed E-state index contributed by atoms with van der Waals surface area (Å²) in [5.74, 6) is 1.07. The van der Waals surface area contributed by atoms with Gasteiger partial charge in [-0.25, -0.2) is 0 Å². The summed E-state index contributed by atoms with van der Waals surface area (Å²) in [6, 6.07) is 5.11. The Morgan fingerprint density at radius 2 is 2.05 bits per heavy atom. The summed E-state index contributed by atoms with van der Waals surface area (Å²) >= 11 is -0.0942. The number of rotatable bonds is 7. The van der Waals surface area contributed by atoms with E-state index in [1.807, 2.05) is 6.92 Å². The van der Waals surface area contributed by atoms with Crippen LogP contribution in [0.1, 0.15) is 12.5 Å². The van der Waals surface area contributed by atoms with Crippen LogP contribution in [0.4, 0.5) is 13.2 Å². The van der Waals surface area contributed by atoms with Gasteiger partial charge in [-0.2, -0.15) is 13.2 Å². The Bertz CT molecular complexity index is 425. The van der Waals surface area contributed by atoms with Gasteiger partial charge in [0.1, 0.15) is 11.5 Å². The summed E-state index contributed by atoms with van der Waals surface area (Å²) in [6.07, 6.45) is 0.568. The maximum atomic E-state index is 12.0. The van der Waals surface area contributed by atoms with Crippen LogP contribution in [0.15, 0.2) is 18.2 Å². The summed E-state index contributed by atoms with van der Waals surface area (Å²) in [6.45, 7) is 1.84. The van der Waals surface area contributed by atoms with Gasteiger partial charge in [-0.15, -0.1) is 0 Å². The van der Waals surface area contributed by atoms with Crippen molar-refractivity contribution in [3.05, 3.63) is 23.8 Å². The molecule has 0 saturated carbocycles. The Kier molecular flexibility index (Phi) is 6.48. The van der Waals surface area contributed by atoms with Gasteiger partial charge in [-0.3, -0.25) is 0 Å². The van der Waals surface area contributed by atoms with Gasteiger partial charge in [0.05, 0.1) is 13.7 Å². The van der Waals surface area contributed by atoms with Gasteiger partial charge < -0.3 is 15.2 Å². The minimum atomic E-state index is -4.22. The largest absolute Gasteiger partial charge is 0.497 e. The summed E-state index contributed by atoms with van der Waals surface area (Å²) in [7, 11) is 1.55. The van der Waals surface area contributed by atoms with Gasteiger partial charge in [0, 0.05) is 11.8 Å². The summed E-state index contributed by atoms with van der Waals surface area (Å²) < 4.78 is 46.5. The lowest BCUT2D eigenvalue weighted by molar-refractivity contribution is -0.0329. The predicted molar refractivity (Wildman–Crippen MR) is 74.4 cm³/mol. The van der Waals surface area contributed by atoms with Crippen molar-refractivity contribution >= 4 is 11.8 Å². The molecular formula is C13H18F3NO2S. The highest BCUT2D eigenvalue weighted by atomic mass is 32.2. The fraction of sp³-hybridized carbons (Fsp3) is 0.538. The Morgan fingerprint density at radius 1 is 1.35 bits per heavy atom. The summed E-state index contributed by atoms with van der Waals surface area (Å²) in [5.41, 5.74) is 2.35. The molecule has 1 atom stereocenters. The SMILES string of the molecule is COc1ccc(OCCSC(F)(F)F)c(CC(C)N)c1. The third-order valence-corrected chi connectivity index (χ3v) is 3.11. The lowest BCUT2D eigenvalue weighted by atomic mass is 10.1. The lowest BCUT2D eigenvalue weighted by Gasteiger charge is -2.14. The highest BCUT2D eigenvalue weighted by Crippen LogP contribution is 2.30. The van der Waals surface area contributed by atoms with Crippen molar-refractivity contribution in [3.63, 3.8) is 0 Å². The molecule has 0 radical (unpaired) electrons. The Labute approximate surface area is 120 Å². The van der Waals surface area contributed by atoms with E-state index >= 15 is 0 Å². The van der Waals surface area contributed by atoms with Crippen LogP contribution in [-0.4, -0.2) is 31.0 Å². The van der Waals surface area contributed by atoms with Crippen LogP contribution < -0.4 is 15.2 Å². The highest BCUT2D eigenvalue weighted by molar-refractivity contribution is 8.00. The zero-order chi connectivity index (χ0) is 15.2. The second-order valence-corrected chi connectivity index (χ2v) is 5.46. The van der Waals surface area contributed by atoms with Crippen molar-refractivity contribution in [1.29, 1.82) is 0 Å². The van der Waals surface area contributed by atoms with Crippen LogP contribution in [0.25, 0.3) is 0 Å². The summed E-state index contributed by atoms with van der Waals surface area (Å²) in [4.78, 5) is 0. The van der Waals surface area contributed by atoms with Gasteiger partial charge in [0.15, 0.2) is 0 Å². The summed E-state index contributed by atoms with van der Waals surface area (Å²) in [5, 5.41) is 0. The second-order valence-electron chi connectivity index (χ2n) is 4.30. The molecule has 0 aliphatic rings. The molecule has 3 nitrogen and oxygen atoms in total. The lowest BCUT2D eigenvalue weighted by Crippen LogP contribution is -2.18. The zero-order valence-corrected chi connectivity index (χ0v) is 12.2. The molecule has 0 heterocycles. The van der Waals surface area contributed by atoms with Gasteiger partial charge in [-0.05, 0) is 48.9 Å². The molecular weight excluding hydrogens is 291 g/mol. The fourth-order valence-corrected chi connectivity index (χ4v) is 2.04. The minimum Gasteiger partial charge on any atom is -0.497 e. The first-order valence-corrected chi connectivity index (χ1v) is 7.06. The van der Waals surface area contributed by atoms with Crippen molar-refractivity contribution in [1.82, 2.24) is 0 Å². The molecule has 0 bridgehead atoms. The maximum Gasteiger partial charge on any atom is 0.441 e. The van der Waals surface area contributed by atoms with E-state index in [0.29, 0.717) is 17.9 Å². The van der Waals surface area contributed by atoms with Crippen LogP contribution in [0.5, 0.6) is 11.5 Å². The van der Waals surface area contributed by atoms with E-state index in [-0.39, 0.29) is 30.2 Å². The molecule has 1 aromatic rings. The van der Waals surface area contributed by atoms with Crippen LogP contribution in [0.2, 0.25) is 0 Å². The maximum absolute atomic E-state index is 12.0. The zero-order valence-electron chi connectivity index (χ0n) is 11.4. The Balaban J connectivity index is 2.63. The van der Waals surface area contributed by atoms with Crippen molar-refractivity contribution in [2.75, 3.05) is 19.5 Å². The number of hydrogen-bond donors (Lipinski definition) is 1. The molecule has 0 spiro atoms. The molecule has 1 unspecified atom stereocenters. The molecule has 20 heavy (non-hydrogen) atoms. The van der Waals surface area contributed by atoms with Gasteiger partial charge in [0.25, 0.3) is 0 Å². The predicted octanol–water partition coefficient (Wildman–Crippen LogP) is 3.22. The highest BCUT2D eigenvalue weighted by Gasteiger charge is 2.27.